The molecule has 0 saturated heterocycles. The van der Waals surface area contributed by atoms with Gasteiger partial charge < -0.3 is 11.1 Å². The standard InChI is InChI=1S/C12H24N2/c13-10-7-8-12(9-10)14-11-5-3-1-2-4-6-11/h10-12,14H,1-9,13H2. The summed E-state index contributed by atoms with van der Waals surface area (Å²) in [6, 6.07) is 2.00. The number of hydrogen-bond donors (Lipinski definition) is 2. The summed E-state index contributed by atoms with van der Waals surface area (Å²) in [4.78, 5) is 0. The summed E-state index contributed by atoms with van der Waals surface area (Å²) in [7, 11) is 0. The van der Waals surface area contributed by atoms with Gasteiger partial charge in [0.2, 0.25) is 0 Å². The molecule has 2 unspecified atom stereocenters. The van der Waals surface area contributed by atoms with Crippen LogP contribution in [0.3, 0.4) is 0 Å². The average Bonchev–Trinajstić information content (AvgIpc) is 2.43. The van der Waals surface area contributed by atoms with Crippen molar-refractivity contribution in [1.82, 2.24) is 5.32 Å². The molecule has 2 aliphatic rings. The Morgan fingerprint density at radius 2 is 1.50 bits per heavy atom. The van der Waals surface area contributed by atoms with Crippen LogP contribution in [0.4, 0.5) is 0 Å². The van der Waals surface area contributed by atoms with Gasteiger partial charge in [0.1, 0.15) is 0 Å². The van der Waals surface area contributed by atoms with Crippen LogP contribution in [0, 0.1) is 0 Å². The van der Waals surface area contributed by atoms with E-state index in [4.69, 9.17) is 5.73 Å². The normalized spacial score (nSPS) is 35.8. The van der Waals surface area contributed by atoms with E-state index >= 15 is 0 Å². The zero-order chi connectivity index (χ0) is 9.80. The minimum Gasteiger partial charge on any atom is -0.328 e. The van der Waals surface area contributed by atoms with Crippen molar-refractivity contribution in [2.75, 3.05) is 0 Å². The topological polar surface area (TPSA) is 38.0 Å². The van der Waals surface area contributed by atoms with Crippen molar-refractivity contribution >= 4 is 0 Å². The van der Waals surface area contributed by atoms with E-state index in [9.17, 15) is 0 Å². The number of nitrogens with one attached hydrogen (secondary N) is 1. The van der Waals surface area contributed by atoms with Gasteiger partial charge >= 0.3 is 0 Å². The molecule has 0 aromatic carbocycles. The Hall–Kier alpha value is -0.0800. The predicted octanol–water partition coefficient (Wildman–Crippen LogP) is 2.18. The van der Waals surface area contributed by atoms with Crippen LogP contribution in [0.15, 0.2) is 0 Å². The molecule has 82 valence electrons. The maximum absolute atomic E-state index is 5.92. The fraction of sp³-hybridized carbons (Fsp3) is 1.00. The van der Waals surface area contributed by atoms with Crippen LogP contribution in [0.5, 0.6) is 0 Å². The van der Waals surface area contributed by atoms with Crippen LogP contribution >= 0.6 is 0 Å². The summed E-state index contributed by atoms with van der Waals surface area (Å²) in [5.74, 6) is 0. The van der Waals surface area contributed by atoms with Crippen LogP contribution < -0.4 is 11.1 Å². The lowest BCUT2D eigenvalue weighted by molar-refractivity contribution is 0.393. The largest absolute Gasteiger partial charge is 0.328 e. The van der Waals surface area contributed by atoms with Crippen molar-refractivity contribution in [3.63, 3.8) is 0 Å². The Kier molecular flexibility index (Phi) is 3.82. The molecule has 14 heavy (non-hydrogen) atoms. The first kappa shape index (κ1) is 10.4. The Bertz CT molecular complexity index is 162. The highest BCUT2D eigenvalue weighted by Crippen LogP contribution is 2.22. The van der Waals surface area contributed by atoms with Crippen molar-refractivity contribution in [3.8, 4) is 0 Å². The van der Waals surface area contributed by atoms with Gasteiger partial charge in [0.15, 0.2) is 0 Å². The third-order valence-corrected chi connectivity index (χ3v) is 3.80. The van der Waals surface area contributed by atoms with E-state index in [1.807, 2.05) is 0 Å². The summed E-state index contributed by atoms with van der Waals surface area (Å²) in [6.45, 7) is 0. The monoisotopic (exact) mass is 196 g/mol. The molecule has 2 nitrogen and oxygen atoms in total. The zero-order valence-electron chi connectivity index (χ0n) is 9.17. The van der Waals surface area contributed by atoms with Gasteiger partial charge in [0.25, 0.3) is 0 Å². The number of hydrogen-bond acceptors (Lipinski definition) is 2. The molecular formula is C12H24N2. The van der Waals surface area contributed by atoms with Crippen LogP contribution in [0.25, 0.3) is 0 Å². The zero-order valence-corrected chi connectivity index (χ0v) is 9.17. The van der Waals surface area contributed by atoms with Crippen molar-refractivity contribution in [3.05, 3.63) is 0 Å². The van der Waals surface area contributed by atoms with E-state index in [1.165, 1.54) is 57.8 Å². The van der Waals surface area contributed by atoms with Crippen LogP contribution in [0.1, 0.15) is 57.8 Å². The molecule has 3 N–H and O–H groups in total. The summed E-state index contributed by atoms with van der Waals surface area (Å²) in [6.07, 6.45) is 12.3. The molecule has 2 rings (SSSR count). The van der Waals surface area contributed by atoms with E-state index in [0.717, 1.165) is 12.1 Å². The summed E-state index contributed by atoms with van der Waals surface area (Å²) in [5.41, 5.74) is 5.92. The minimum atomic E-state index is 0.471. The lowest BCUT2D eigenvalue weighted by atomic mass is 10.1. The van der Waals surface area contributed by atoms with E-state index < -0.39 is 0 Å². The number of rotatable bonds is 2. The highest BCUT2D eigenvalue weighted by Gasteiger charge is 2.24. The minimum absolute atomic E-state index is 0.471. The maximum Gasteiger partial charge on any atom is 0.00849 e. The van der Waals surface area contributed by atoms with Gasteiger partial charge in [-0.3, -0.25) is 0 Å². The highest BCUT2D eigenvalue weighted by molar-refractivity contribution is 4.85. The molecule has 0 radical (unpaired) electrons. The molecule has 2 atom stereocenters. The second-order valence-electron chi connectivity index (χ2n) is 5.13. The first-order valence-electron chi connectivity index (χ1n) is 6.36. The van der Waals surface area contributed by atoms with Gasteiger partial charge in [-0.2, -0.15) is 0 Å². The Labute approximate surface area is 87.6 Å². The van der Waals surface area contributed by atoms with Crippen molar-refractivity contribution in [1.29, 1.82) is 0 Å². The molecule has 0 aromatic heterocycles. The van der Waals surface area contributed by atoms with Gasteiger partial charge in [0.05, 0.1) is 0 Å². The van der Waals surface area contributed by atoms with Gasteiger partial charge in [-0.25, -0.2) is 0 Å². The summed E-state index contributed by atoms with van der Waals surface area (Å²) in [5, 5.41) is 3.81. The molecule has 0 aliphatic heterocycles. The van der Waals surface area contributed by atoms with Crippen molar-refractivity contribution < 1.29 is 0 Å². The Morgan fingerprint density at radius 1 is 0.786 bits per heavy atom. The second-order valence-corrected chi connectivity index (χ2v) is 5.13. The molecule has 0 spiro atoms. The molecule has 2 aliphatic carbocycles. The SMILES string of the molecule is NC1CCC(NC2CCCCCC2)C1. The molecule has 0 amide bonds. The van der Waals surface area contributed by atoms with E-state index in [0.29, 0.717) is 6.04 Å². The first-order chi connectivity index (χ1) is 6.84. The smallest absolute Gasteiger partial charge is 0.00849 e. The van der Waals surface area contributed by atoms with Crippen molar-refractivity contribution in [2.24, 2.45) is 5.73 Å². The lowest BCUT2D eigenvalue weighted by Gasteiger charge is -2.21. The molecule has 2 fully saturated rings. The van der Waals surface area contributed by atoms with Crippen LogP contribution in [-0.4, -0.2) is 18.1 Å². The predicted molar refractivity (Wildman–Crippen MR) is 60.2 cm³/mol. The third kappa shape index (κ3) is 2.96. The Morgan fingerprint density at radius 3 is 2.07 bits per heavy atom. The molecular weight excluding hydrogens is 172 g/mol. The second kappa shape index (κ2) is 5.13. The highest BCUT2D eigenvalue weighted by atomic mass is 15.0. The lowest BCUT2D eigenvalue weighted by Crippen LogP contribution is -2.37. The van der Waals surface area contributed by atoms with Gasteiger partial charge in [-0.05, 0) is 32.1 Å². The van der Waals surface area contributed by atoms with Crippen LogP contribution in [0.2, 0.25) is 0 Å². The van der Waals surface area contributed by atoms with Gasteiger partial charge in [0, 0.05) is 18.1 Å². The molecule has 0 aromatic rings. The number of nitrogens with two attached hydrogens (primary N) is 1. The van der Waals surface area contributed by atoms with Gasteiger partial charge in [-0.15, -0.1) is 0 Å². The summed E-state index contributed by atoms with van der Waals surface area (Å²) < 4.78 is 0. The summed E-state index contributed by atoms with van der Waals surface area (Å²) >= 11 is 0. The third-order valence-electron chi connectivity index (χ3n) is 3.80. The van der Waals surface area contributed by atoms with Crippen molar-refractivity contribution in [2.45, 2.75) is 75.9 Å². The Balaban J connectivity index is 1.72. The molecule has 0 bridgehead atoms. The molecule has 2 heteroatoms. The fourth-order valence-corrected chi connectivity index (χ4v) is 2.95. The van der Waals surface area contributed by atoms with Crippen LogP contribution in [-0.2, 0) is 0 Å². The van der Waals surface area contributed by atoms with E-state index in [1.54, 1.807) is 0 Å². The first-order valence-corrected chi connectivity index (χ1v) is 6.36. The molecule has 0 heterocycles. The quantitative estimate of drug-likeness (QED) is 0.664. The van der Waals surface area contributed by atoms with E-state index in [-0.39, 0.29) is 0 Å². The molecule has 2 saturated carbocycles. The maximum atomic E-state index is 5.92. The van der Waals surface area contributed by atoms with E-state index in [2.05, 4.69) is 5.32 Å². The van der Waals surface area contributed by atoms with Gasteiger partial charge in [-0.1, -0.05) is 25.7 Å². The fourth-order valence-electron chi connectivity index (χ4n) is 2.95. The average molecular weight is 196 g/mol.